The fraction of sp³-hybridized carbons (Fsp3) is 0.625. The molecule has 1 N–H and O–H groups in total. The van der Waals surface area contributed by atoms with Crippen LogP contribution in [0.2, 0.25) is 0 Å². The first kappa shape index (κ1) is 13.6. The standard InChI is InChI=1S/C16H26N2/c1-12-7-13(2)16(14(3)8-12)5-6-18(4)11-15-9-17-10-15/h7-8,15,17H,5-6,9-11H2,1-4H3. The molecule has 0 bridgehead atoms. The van der Waals surface area contributed by atoms with Gasteiger partial charge in [-0.05, 0) is 56.8 Å². The van der Waals surface area contributed by atoms with Gasteiger partial charge in [0.2, 0.25) is 0 Å². The van der Waals surface area contributed by atoms with Crippen molar-refractivity contribution in [3.05, 3.63) is 34.4 Å². The Labute approximate surface area is 111 Å². The predicted molar refractivity (Wildman–Crippen MR) is 78.2 cm³/mol. The molecule has 1 heterocycles. The molecule has 1 aliphatic heterocycles. The molecule has 0 unspecified atom stereocenters. The fourth-order valence-corrected chi connectivity index (χ4v) is 2.92. The lowest BCUT2D eigenvalue weighted by atomic mass is 9.97. The summed E-state index contributed by atoms with van der Waals surface area (Å²) in [6.07, 6.45) is 1.18. The van der Waals surface area contributed by atoms with E-state index in [0.29, 0.717) is 0 Å². The average molecular weight is 246 g/mol. The highest BCUT2D eigenvalue weighted by Crippen LogP contribution is 2.17. The molecule has 1 aromatic rings. The van der Waals surface area contributed by atoms with E-state index in [1.807, 2.05) is 0 Å². The van der Waals surface area contributed by atoms with Crippen molar-refractivity contribution in [2.45, 2.75) is 27.2 Å². The minimum Gasteiger partial charge on any atom is -0.316 e. The van der Waals surface area contributed by atoms with Crippen molar-refractivity contribution in [3.63, 3.8) is 0 Å². The van der Waals surface area contributed by atoms with E-state index in [1.54, 1.807) is 5.56 Å². The second kappa shape index (κ2) is 5.85. The smallest absolute Gasteiger partial charge is 0.00311 e. The van der Waals surface area contributed by atoms with Crippen molar-refractivity contribution in [3.8, 4) is 0 Å². The van der Waals surface area contributed by atoms with Gasteiger partial charge in [-0.2, -0.15) is 0 Å². The van der Waals surface area contributed by atoms with Crippen LogP contribution < -0.4 is 5.32 Å². The fourth-order valence-electron chi connectivity index (χ4n) is 2.92. The molecule has 2 rings (SSSR count). The summed E-state index contributed by atoms with van der Waals surface area (Å²) in [5, 5.41) is 3.34. The minimum absolute atomic E-state index is 0.871. The zero-order valence-electron chi connectivity index (χ0n) is 12.2. The van der Waals surface area contributed by atoms with Crippen LogP contribution >= 0.6 is 0 Å². The summed E-state index contributed by atoms with van der Waals surface area (Å²) in [7, 11) is 2.25. The van der Waals surface area contributed by atoms with Crippen LogP contribution in [0, 0.1) is 26.7 Å². The zero-order chi connectivity index (χ0) is 13.1. The number of nitrogens with one attached hydrogen (secondary N) is 1. The lowest BCUT2D eigenvalue weighted by molar-refractivity contribution is 0.225. The molecule has 0 saturated carbocycles. The van der Waals surface area contributed by atoms with Crippen LogP contribution in [0.25, 0.3) is 0 Å². The Morgan fingerprint density at radius 1 is 1.17 bits per heavy atom. The van der Waals surface area contributed by atoms with E-state index in [1.165, 1.54) is 49.3 Å². The number of nitrogens with zero attached hydrogens (tertiary/aromatic N) is 1. The lowest BCUT2D eigenvalue weighted by Gasteiger charge is -2.31. The Bertz CT molecular complexity index is 385. The molecule has 0 atom stereocenters. The largest absolute Gasteiger partial charge is 0.316 e. The molecule has 2 heteroatoms. The van der Waals surface area contributed by atoms with E-state index < -0.39 is 0 Å². The Morgan fingerprint density at radius 2 is 1.78 bits per heavy atom. The Hall–Kier alpha value is -0.860. The highest BCUT2D eigenvalue weighted by Gasteiger charge is 2.18. The Balaban J connectivity index is 1.89. The molecule has 0 radical (unpaired) electrons. The maximum absolute atomic E-state index is 3.34. The minimum atomic E-state index is 0.871. The lowest BCUT2D eigenvalue weighted by Crippen LogP contribution is -2.47. The first-order chi connectivity index (χ1) is 8.56. The predicted octanol–water partition coefficient (Wildman–Crippen LogP) is 2.31. The van der Waals surface area contributed by atoms with Gasteiger partial charge in [0, 0.05) is 26.2 Å². The van der Waals surface area contributed by atoms with Crippen LogP contribution in [0.1, 0.15) is 22.3 Å². The average Bonchev–Trinajstić information content (AvgIpc) is 2.22. The molecule has 1 saturated heterocycles. The molecule has 0 spiro atoms. The highest BCUT2D eigenvalue weighted by atomic mass is 15.1. The maximum Gasteiger partial charge on any atom is 0.00311 e. The summed E-state index contributed by atoms with van der Waals surface area (Å²) in [6.45, 7) is 11.5. The van der Waals surface area contributed by atoms with Gasteiger partial charge in [-0.25, -0.2) is 0 Å². The highest BCUT2D eigenvalue weighted by molar-refractivity contribution is 5.37. The van der Waals surface area contributed by atoms with Gasteiger partial charge in [-0.1, -0.05) is 17.7 Å². The number of rotatable bonds is 5. The zero-order valence-corrected chi connectivity index (χ0v) is 12.2. The van der Waals surface area contributed by atoms with Crippen LogP contribution in [0.5, 0.6) is 0 Å². The summed E-state index contributed by atoms with van der Waals surface area (Å²) in [5.74, 6) is 0.871. The van der Waals surface area contributed by atoms with Crippen LogP contribution in [0.15, 0.2) is 12.1 Å². The van der Waals surface area contributed by atoms with Crippen molar-refractivity contribution in [1.82, 2.24) is 10.2 Å². The monoisotopic (exact) mass is 246 g/mol. The van der Waals surface area contributed by atoms with Gasteiger partial charge in [-0.15, -0.1) is 0 Å². The topological polar surface area (TPSA) is 15.3 Å². The van der Waals surface area contributed by atoms with Gasteiger partial charge in [0.25, 0.3) is 0 Å². The molecule has 2 nitrogen and oxygen atoms in total. The quantitative estimate of drug-likeness (QED) is 0.857. The van der Waals surface area contributed by atoms with Gasteiger partial charge >= 0.3 is 0 Å². The number of hydrogen-bond donors (Lipinski definition) is 1. The van der Waals surface area contributed by atoms with Crippen molar-refractivity contribution in [2.24, 2.45) is 5.92 Å². The Kier molecular flexibility index (Phi) is 4.41. The van der Waals surface area contributed by atoms with E-state index in [0.717, 1.165) is 5.92 Å². The van der Waals surface area contributed by atoms with Crippen molar-refractivity contribution < 1.29 is 0 Å². The van der Waals surface area contributed by atoms with Crippen molar-refractivity contribution in [2.75, 3.05) is 33.2 Å². The molecule has 18 heavy (non-hydrogen) atoms. The van der Waals surface area contributed by atoms with E-state index in [2.05, 4.69) is 50.2 Å². The van der Waals surface area contributed by atoms with Crippen LogP contribution in [-0.2, 0) is 6.42 Å². The van der Waals surface area contributed by atoms with E-state index in [-0.39, 0.29) is 0 Å². The third-order valence-electron chi connectivity index (χ3n) is 4.02. The summed E-state index contributed by atoms with van der Waals surface area (Å²) in [6, 6.07) is 4.61. The van der Waals surface area contributed by atoms with E-state index in [4.69, 9.17) is 0 Å². The van der Waals surface area contributed by atoms with Crippen LogP contribution in [0.4, 0.5) is 0 Å². The molecule has 1 aliphatic rings. The maximum atomic E-state index is 3.34. The molecule has 0 aliphatic carbocycles. The summed E-state index contributed by atoms with van der Waals surface area (Å²) in [4.78, 5) is 2.48. The third-order valence-corrected chi connectivity index (χ3v) is 4.02. The Morgan fingerprint density at radius 3 is 2.28 bits per heavy atom. The summed E-state index contributed by atoms with van der Waals surface area (Å²) < 4.78 is 0. The molecule has 0 aromatic heterocycles. The number of likely N-dealkylation sites (N-methyl/N-ethyl adjacent to an activating group) is 1. The third kappa shape index (κ3) is 3.33. The first-order valence-electron chi connectivity index (χ1n) is 7.02. The van der Waals surface area contributed by atoms with Crippen LogP contribution in [0.3, 0.4) is 0 Å². The van der Waals surface area contributed by atoms with E-state index >= 15 is 0 Å². The number of aryl methyl sites for hydroxylation is 3. The molecule has 1 fully saturated rings. The summed E-state index contributed by atoms with van der Waals surface area (Å²) in [5.41, 5.74) is 5.82. The van der Waals surface area contributed by atoms with Gasteiger partial charge in [0.05, 0.1) is 0 Å². The molecular formula is C16H26N2. The van der Waals surface area contributed by atoms with Crippen molar-refractivity contribution >= 4 is 0 Å². The molecular weight excluding hydrogens is 220 g/mol. The normalized spacial score (nSPS) is 16.1. The second-order valence-electron chi connectivity index (χ2n) is 5.91. The molecule has 0 amide bonds. The second-order valence-corrected chi connectivity index (χ2v) is 5.91. The summed E-state index contributed by atoms with van der Waals surface area (Å²) >= 11 is 0. The molecule has 100 valence electrons. The van der Waals surface area contributed by atoms with E-state index in [9.17, 15) is 0 Å². The molecule has 1 aromatic carbocycles. The SMILES string of the molecule is Cc1cc(C)c(CCN(C)CC2CNC2)c(C)c1. The number of hydrogen-bond acceptors (Lipinski definition) is 2. The number of benzene rings is 1. The van der Waals surface area contributed by atoms with Crippen LogP contribution in [-0.4, -0.2) is 38.1 Å². The van der Waals surface area contributed by atoms with Gasteiger partial charge < -0.3 is 10.2 Å². The first-order valence-corrected chi connectivity index (χ1v) is 7.02. The van der Waals surface area contributed by atoms with Gasteiger partial charge in [0.1, 0.15) is 0 Å². The van der Waals surface area contributed by atoms with Gasteiger partial charge in [0.15, 0.2) is 0 Å². The van der Waals surface area contributed by atoms with Crippen molar-refractivity contribution in [1.29, 1.82) is 0 Å². The van der Waals surface area contributed by atoms with Gasteiger partial charge in [-0.3, -0.25) is 0 Å².